The zero-order valence-electron chi connectivity index (χ0n) is 22.8. The lowest BCUT2D eigenvalue weighted by Gasteiger charge is -2.23. The van der Waals surface area contributed by atoms with Gasteiger partial charge >= 0.3 is 5.91 Å². The van der Waals surface area contributed by atoms with Gasteiger partial charge in [0, 0.05) is 16.3 Å². The summed E-state index contributed by atoms with van der Waals surface area (Å²) in [6, 6.07) is 16.3. The van der Waals surface area contributed by atoms with Crippen molar-refractivity contribution in [3.8, 4) is 11.5 Å². The molecule has 43 heavy (non-hydrogen) atoms. The third kappa shape index (κ3) is 6.58. The lowest BCUT2D eigenvalue weighted by Crippen LogP contribution is -2.29. The molecule has 1 aromatic heterocycles. The molecule has 0 saturated carbocycles. The van der Waals surface area contributed by atoms with Crippen LogP contribution in [0.3, 0.4) is 0 Å². The van der Waals surface area contributed by atoms with E-state index in [1.807, 2.05) is 19.1 Å². The zero-order valence-corrected chi connectivity index (χ0v) is 25.2. The first-order valence-electron chi connectivity index (χ1n) is 13.1. The van der Waals surface area contributed by atoms with Crippen LogP contribution in [0, 0.1) is 5.82 Å². The van der Waals surface area contributed by atoms with E-state index >= 15 is 0 Å². The second-order valence-electron chi connectivity index (χ2n) is 9.18. The van der Waals surface area contributed by atoms with Crippen molar-refractivity contribution in [2.24, 2.45) is 0 Å². The highest BCUT2D eigenvalue weighted by atomic mass is 35.5. The number of hydrogen-bond donors (Lipinski definition) is 1. The number of carbonyl (C=O) groups excluding carboxylic acids is 2. The van der Waals surface area contributed by atoms with E-state index in [9.17, 15) is 19.1 Å². The molecule has 1 aliphatic heterocycles. The fraction of sp³-hybridized carbons (Fsp3) is 0.161. The molecule has 12 heteroatoms. The molecule has 1 aliphatic rings. The molecule has 1 fully saturated rings. The Morgan fingerprint density at radius 1 is 1.09 bits per heavy atom. The number of amides is 1. The van der Waals surface area contributed by atoms with Crippen molar-refractivity contribution in [3.63, 3.8) is 0 Å². The van der Waals surface area contributed by atoms with Crippen molar-refractivity contribution in [3.05, 3.63) is 112 Å². The molecule has 3 aromatic carbocycles. The number of nitrogens with zero attached hydrogens (tertiary/aromatic N) is 3. The second-order valence-corrected chi connectivity index (χ2v) is 11.8. The number of benzene rings is 3. The van der Waals surface area contributed by atoms with Crippen molar-refractivity contribution >= 4 is 57.3 Å². The summed E-state index contributed by atoms with van der Waals surface area (Å²) < 4.78 is 25.7. The predicted octanol–water partition coefficient (Wildman–Crippen LogP) is 7.21. The van der Waals surface area contributed by atoms with Gasteiger partial charge in [-0.1, -0.05) is 65.6 Å². The minimum Gasteiger partial charge on any atom is -0.507 e. The van der Waals surface area contributed by atoms with Gasteiger partial charge in [0.05, 0.1) is 18.2 Å². The first-order chi connectivity index (χ1) is 20.8. The average molecular weight is 638 g/mol. The molecule has 220 valence electrons. The van der Waals surface area contributed by atoms with Crippen molar-refractivity contribution in [1.29, 1.82) is 0 Å². The van der Waals surface area contributed by atoms with Gasteiger partial charge in [0.25, 0.3) is 5.78 Å². The van der Waals surface area contributed by atoms with E-state index in [0.29, 0.717) is 38.8 Å². The molecular formula is C31H25ClFN3O5S2. The highest BCUT2D eigenvalue weighted by Gasteiger charge is 2.48. The van der Waals surface area contributed by atoms with Crippen LogP contribution >= 0.6 is 34.7 Å². The van der Waals surface area contributed by atoms with E-state index in [0.717, 1.165) is 29.0 Å². The molecule has 0 spiro atoms. The van der Waals surface area contributed by atoms with Crippen LogP contribution in [0.25, 0.3) is 5.76 Å². The Labute approximate surface area is 260 Å². The summed E-state index contributed by atoms with van der Waals surface area (Å²) in [4.78, 5) is 28.3. The molecule has 1 unspecified atom stereocenters. The van der Waals surface area contributed by atoms with E-state index < -0.39 is 29.3 Å². The van der Waals surface area contributed by atoms with Gasteiger partial charge in [0.15, 0.2) is 15.8 Å². The minimum atomic E-state index is -1.08. The number of aromatic nitrogens is 2. The SMILES string of the molecule is C=CCOc1ccc(C2C(=C(O)c3ccc(F)cc3)C(=O)C(=O)N2c2nnc(SCc3ccc(Cl)cc3)s2)cc1OCC. The molecular weight excluding hydrogens is 613 g/mol. The maximum Gasteiger partial charge on any atom is 0.301 e. The summed E-state index contributed by atoms with van der Waals surface area (Å²) in [7, 11) is 0. The first-order valence-corrected chi connectivity index (χ1v) is 15.3. The lowest BCUT2D eigenvalue weighted by molar-refractivity contribution is -0.132. The van der Waals surface area contributed by atoms with E-state index in [-0.39, 0.29) is 22.9 Å². The summed E-state index contributed by atoms with van der Waals surface area (Å²) in [6.07, 6.45) is 1.60. The van der Waals surface area contributed by atoms with Gasteiger partial charge in [-0.25, -0.2) is 4.39 Å². The molecule has 1 saturated heterocycles. The molecule has 4 aromatic rings. The van der Waals surface area contributed by atoms with E-state index in [2.05, 4.69) is 16.8 Å². The molecule has 1 N–H and O–H groups in total. The van der Waals surface area contributed by atoms with Crippen molar-refractivity contribution in [1.82, 2.24) is 10.2 Å². The lowest BCUT2D eigenvalue weighted by atomic mass is 9.95. The van der Waals surface area contributed by atoms with Gasteiger partial charge in [-0.05, 0) is 66.6 Å². The number of ketones is 1. The van der Waals surface area contributed by atoms with Crippen LogP contribution in [0.5, 0.6) is 11.5 Å². The van der Waals surface area contributed by atoms with Gasteiger partial charge in [-0.3, -0.25) is 14.5 Å². The number of halogens is 2. The number of aliphatic hydroxyl groups excluding tert-OH is 1. The monoisotopic (exact) mass is 637 g/mol. The molecule has 1 amide bonds. The quantitative estimate of drug-likeness (QED) is 0.0460. The number of Topliss-reactive ketones (excluding diaryl/α,β-unsaturated/α-hetero) is 1. The summed E-state index contributed by atoms with van der Waals surface area (Å²) in [5, 5.41) is 20.6. The maximum atomic E-state index is 13.6. The fourth-order valence-corrected chi connectivity index (χ4v) is 6.37. The third-order valence-electron chi connectivity index (χ3n) is 6.38. The summed E-state index contributed by atoms with van der Waals surface area (Å²) >= 11 is 8.55. The van der Waals surface area contributed by atoms with Crippen LogP contribution in [0.4, 0.5) is 9.52 Å². The van der Waals surface area contributed by atoms with Crippen LogP contribution in [0.15, 0.2) is 89.3 Å². The Morgan fingerprint density at radius 3 is 2.53 bits per heavy atom. The number of carbonyl (C=O) groups is 2. The minimum absolute atomic E-state index is 0.175. The van der Waals surface area contributed by atoms with Crippen LogP contribution in [0.2, 0.25) is 5.02 Å². The van der Waals surface area contributed by atoms with Crippen molar-refractivity contribution in [2.75, 3.05) is 18.1 Å². The molecule has 2 heterocycles. The summed E-state index contributed by atoms with van der Waals surface area (Å²) in [5.74, 6) is -1.35. The number of rotatable bonds is 11. The zero-order chi connectivity index (χ0) is 30.5. The summed E-state index contributed by atoms with van der Waals surface area (Å²) in [5.41, 5.74) is 1.48. The second kappa shape index (κ2) is 13.4. The molecule has 0 aliphatic carbocycles. The standard InChI is InChI=1S/C31H25ClFN3O5S2/c1-3-15-41-23-14-9-20(16-24(23)40-4-2)26-25(27(37)19-7-12-22(33)13-8-19)28(38)29(39)36(26)30-34-35-31(43-30)42-17-18-5-10-21(32)11-6-18/h3,5-14,16,26,37H,1,4,15,17H2,2H3. The van der Waals surface area contributed by atoms with Crippen LogP contribution in [-0.4, -0.2) is 40.2 Å². The number of thioether (sulfide) groups is 1. The summed E-state index contributed by atoms with van der Waals surface area (Å²) in [6.45, 7) is 6.05. The highest BCUT2D eigenvalue weighted by molar-refractivity contribution is 8.00. The molecule has 5 rings (SSSR count). The smallest absolute Gasteiger partial charge is 0.301 e. The fourth-order valence-electron chi connectivity index (χ4n) is 4.42. The van der Waals surface area contributed by atoms with Crippen LogP contribution < -0.4 is 14.4 Å². The predicted molar refractivity (Wildman–Crippen MR) is 165 cm³/mol. The number of aliphatic hydroxyl groups is 1. The van der Waals surface area contributed by atoms with E-state index in [4.69, 9.17) is 21.1 Å². The Kier molecular flexibility index (Phi) is 9.44. The van der Waals surface area contributed by atoms with Gasteiger partial charge in [0.2, 0.25) is 5.13 Å². The maximum absolute atomic E-state index is 13.6. The van der Waals surface area contributed by atoms with Gasteiger partial charge in [-0.2, -0.15) is 0 Å². The average Bonchev–Trinajstić information content (AvgIpc) is 3.58. The third-order valence-corrected chi connectivity index (χ3v) is 8.76. The van der Waals surface area contributed by atoms with Gasteiger partial charge < -0.3 is 14.6 Å². The number of hydrogen-bond acceptors (Lipinski definition) is 9. The Morgan fingerprint density at radius 2 is 1.84 bits per heavy atom. The van der Waals surface area contributed by atoms with Crippen molar-refractivity contribution < 1.29 is 28.6 Å². The highest BCUT2D eigenvalue weighted by Crippen LogP contribution is 2.45. The number of anilines is 1. The Hall–Kier alpha value is -4.19. The normalized spacial score (nSPS) is 16.0. The van der Waals surface area contributed by atoms with Gasteiger partial charge in [-0.15, -0.1) is 10.2 Å². The van der Waals surface area contributed by atoms with E-state index in [1.54, 1.807) is 36.4 Å². The molecule has 8 nitrogen and oxygen atoms in total. The molecule has 1 atom stereocenters. The first kappa shape index (κ1) is 30.3. The Bertz CT molecular complexity index is 1690. The molecule has 0 bridgehead atoms. The Balaban J connectivity index is 1.57. The van der Waals surface area contributed by atoms with Crippen LogP contribution in [-0.2, 0) is 15.3 Å². The largest absolute Gasteiger partial charge is 0.507 e. The van der Waals surface area contributed by atoms with Gasteiger partial charge in [0.1, 0.15) is 18.2 Å². The van der Waals surface area contributed by atoms with Crippen molar-refractivity contribution in [2.45, 2.75) is 23.1 Å². The topological polar surface area (TPSA) is 102 Å². The molecule has 0 radical (unpaired) electrons. The van der Waals surface area contributed by atoms with E-state index in [1.165, 1.54) is 28.8 Å². The number of ether oxygens (including phenoxy) is 2. The van der Waals surface area contributed by atoms with Crippen LogP contribution in [0.1, 0.15) is 29.7 Å².